The molecule has 0 amide bonds. The summed E-state index contributed by atoms with van der Waals surface area (Å²) in [5.74, 6) is 0. The van der Waals surface area contributed by atoms with Gasteiger partial charge in [0.1, 0.15) is 0 Å². The van der Waals surface area contributed by atoms with E-state index >= 15 is 0 Å². The van der Waals surface area contributed by atoms with E-state index in [0.717, 1.165) is 13.0 Å². The number of nitrogens with zero attached hydrogens (tertiary/aromatic N) is 1. The average molecular weight is 128 g/mol. The summed E-state index contributed by atoms with van der Waals surface area (Å²) < 4.78 is 0. The third-order valence-corrected chi connectivity index (χ3v) is 1.63. The topological polar surface area (TPSA) is 24.4 Å². The Morgan fingerprint density at radius 2 is 2.11 bits per heavy atom. The van der Waals surface area contributed by atoms with Crippen LogP contribution >= 0.6 is 0 Å². The molecule has 9 heavy (non-hydrogen) atoms. The third-order valence-electron chi connectivity index (χ3n) is 1.63. The smallest absolute Gasteiger partial charge is 0.0380 e. The minimum absolute atomic E-state index is 0.348. The Balaban J connectivity index is 3.44. The first-order chi connectivity index (χ1) is 4.12. The second-order valence-corrected chi connectivity index (χ2v) is 3.01. The first-order valence-electron chi connectivity index (χ1n) is 3.31. The van der Waals surface area contributed by atoms with Crippen LogP contribution in [0.1, 0.15) is 27.2 Å². The second-order valence-electron chi connectivity index (χ2n) is 3.01. The largest absolute Gasteiger partial charge is 0.310 e. The second kappa shape index (κ2) is 3.49. The summed E-state index contributed by atoms with van der Waals surface area (Å²) in [5.41, 5.74) is 3.20. The zero-order chi connectivity index (χ0) is 7.33. The van der Waals surface area contributed by atoms with Gasteiger partial charge < -0.3 is 5.43 Å². The van der Waals surface area contributed by atoms with Gasteiger partial charge in [-0.3, -0.25) is 0 Å². The molecule has 0 aliphatic heterocycles. The minimum Gasteiger partial charge on any atom is -0.310 e. The van der Waals surface area contributed by atoms with Crippen LogP contribution in [0.15, 0.2) is 5.10 Å². The number of rotatable bonds is 4. The summed E-state index contributed by atoms with van der Waals surface area (Å²) in [4.78, 5) is 0. The molecule has 0 aromatic rings. The number of hydrogen-bond donors (Lipinski definition) is 1. The van der Waals surface area contributed by atoms with Crippen molar-refractivity contribution in [2.75, 3.05) is 6.54 Å². The Kier molecular flexibility index (Phi) is 3.28. The van der Waals surface area contributed by atoms with Crippen molar-refractivity contribution in [2.45, 2.75) is 27.2 Å². The summed E-state index contributed by atoms with van der Waals surface area (Å²) in [5, 5.41) is 3.57. The van der Waals surface area contributed by atoms with Crippen molar-refractivity contribution in [3.8, 4) is 0 Å². The molecule has 0 aromatic carbocycles. The van der Waals surface area contributed by atoms with Gasteiger partial charge in [0, 0.05) is 13.3 Å². The van der Waals surface area contributed by atoms with Crippen molar-refractivity contribution in [3.05, 3.63) is 0 Å². The van der Waals surface area contributed by atoms with Gasteiger partial charge in [0.25, 0.3) is 0 Å². The fourth-order valence-corrected chi connectivity index (χ4v) is 0.395. The molecule has 0 radical (unpaired) electrons. The van der Waals surface area contributed by atoms with Crippen LogP contribution in [0, 0.1) is 5.41 Å². The fraction of sp³-hybridized carbons (Fsp3) is 0.857. The number of hydrogen-bond acceptors (Lipinski definition) is 2. The molecule has 0 aromatic heterocycles. The van der Waals surface area contributed by atoms with Crippen molar-refractivity contribution in [3.63, 3.8) is 0 Å². The SMILES string of the molecule is C=NNCC(C)(C)CC. The molecule has 0 saturated carbocycles. The van der Waals surface area contributed by atoms with Crippen molar-refractivity contribution in [1.29, 1.82) is 0 Å². The number of hydrazone groups is 1. The van der Waals surface area contributed by atoms with Crippen LogP contribution in [-0.4, -0.2) is 13.3 Å². The van der Waals surface area contributed by atoms with E-state index in [1.54, 1.807) is 0 Å². The van der Waals surface area contributed by atoms with Crippen molar-refractivity contribution >= 4 is 6.72 Å². The molecule has 2 heteroatoms. The summed E-state index contributed by atoms with van der Waals surface area (Å²) in [6.07, 6.45) is 1.16. The first-order valence-corrected chi connectivity index (χ1v) is 3.31. The lowest BCUT2D eigenvalue weighted by Crippen LogP contribution is -2.24. The zero-order valence-electron chi connectivity index (χ0n) is 6.57. The molecule has 0 aliphatic rings. The molecule has 0 saturated heterocycles. The molecule has 0 fully saturated rings. The molecular formula is C7H16N2. The standard InChI is InChI=1S/C7H16N2/c1-5-7(2,3)6-9-8-4/h9H,4-6H2,1-3H3. The van der Waals surface area contributed by atoms with E-state index in [0.29, 0.717) is 5.41 Å². The highest BCUT2D eigenvalue weighted by Gasteiger charge is 2.12. The molecule has 1 N–H and O–H groups in total. The van der Waals surface area contributed by atoms with Crippen LogP contribution in [0.3, 0.4) is 0 Å². The van der Waals surface area contributed by atoms with Gasteiger partial charge in [0.15, 0.2) is 0 Å². The van der Waals surface area contributed by atoms with Crippen LogP contribution in [0.2, 0.25) is 0 Å². The third kappa shape index (κ3) is 4.01. The van der Waals surface area contributed by atoms with Crippen LogP contribution < -0.4 is 5.43 Å². The van der Waals surface area contributed by atoms with E-state index < -0.39 is 0 Å². The van der Waals surface area contributed by atoms with Gasteiger partial charge in [-0.05, 0) is 11.8 Å². The van der Waals surface area contributed by atoms with Gasteiger partial charge in [-0.2, -0.15) is 5.10 Å². The Bertz CT molecular complexity index is 86.9. The lowest BCUT2D eigenvalue weighted by atomic mass is 9.91. The Hall–Kier alpha value is -0.530. The molecule has 54 valence electrons. The lowest BCUT2D eigenvalue weighted by molar-refractivity contribution is 0.332. The Morgan fingerprint density at radius 1 is 1.56 bits per heavy atom. The molecule has 0 unspecified atom stereocenters. The van der Waals surface area contributed by atoms with Crippen LogP contribution in [0.5, 0.6) is 0 Å². The number of nitrogens with one attached hydrogen (secondary N) is 1. The van der Waals surface area contributed by atoms with Crippen molar-refractivity contribution < 1.29 is 0 Å². The molecular weight excluding hydrogens is 112 g/mol. The lowest BCUT2D eigenvalue weighted by Gasteiger charge is -2.21. The maximum absolute atomic E-state index is 3.57. The predicted molar refractivity (Wildman–Crippen MR) is 41.6 cm³/mol. The normalized spacial score (nSPS) is 11.0. The van der Waals surface area contributed by atoms with Gasteiger partial charge in [0.05, 0.1) is 0 Å². The van der Waals surface area contributed by atoms with Gasteiger partial charge in [0.2, 0.25) is 0 Å². The van der Waals surface area contributed by atoms with Gasteiger partial charge >= 0.3 is 0 Å². The van der Waals surface area contributed by atoms with Crippen LogP contribution in [0.4, 0.5) is 0 Å². The summed E-state index contributed by atoms with van der Waals surface area (Å²) in [7, 11) is 0. The average Bonchev–Trinajstić information content (AvgIpc) is 1.84. The maximum Gasteiger partial charge on any atom is 0.0380 e. The maximum atomic E-state index is 3.57. The van der Waals surface area contributed by atoms with E-state index in [2.05, 4.69) is 38.0 Å². The quantitative estimate of drug-likeness (QED) is 0.451. The fourth-order valence-electron chi connectivity index (χ4n) is 0.395. The van der Waals surface area contributed by atoms with Gasteiger partial charge in [-0.1, -0.05) is 20.8 Å². The van der Waals surface area contributed by atoms with E-state index in [1.165, 1.54) is 0 Å². The monoisotopic (exact) mass is 128 g/mol. The van der Waals surface area contributed by atoms with E-state index in [9.17, 15) is 0 Å². The highest BCUT2D eigenvalue weighted by Crippen LogP contribution is 2.17. The van der Waals surface area contributed by atoms with Gasteiger partial charge in [-0.15, -0.1) is 0 Å². The molecule has 0 aliphatic carbocycles. The van der Waals surface area contributed by atoms with Crippen LogP contribution in [0.25, 0.3) is 0 Å². The van der Waals surface area contributed by atoms with Crippen molar-refractivity contribution in [2.24, 2.45) is 10.5 Å². The van der Waals surface area contributed by atoms with Crippen molar-refractivity contribution in [1.82, 2.24) is 5.43 Å². The van der Waals surface area contributed by atoms with Crippen LogP contribution in [-0.2, 0) is 0 Å². The molecule has 0 rings (SSSR count). The highest BCUT2D eigenvalue weighted by atomic mass is 15.3. The minimum atomic E-state index is 0.348. The summed E-state index contributed by atoms with van der Waals surface area (Å²) >= 11 is 0. The Labute approximate surface area is 57.3 Å². The first kappa shape index (κ1) is 8.47. The molecule has 0 atom stereocenters. The Morgan fingerprint density at radius 3 is 2.44 bits per heavy atom. The molecule has 2 nitrogen and oxygen atoms in total. The molecule has 0 spiro atoms. The summed E-state index contributed by atoms with van der Waals surface area (Å²) in [6.45, 7) is 10.8. The summed E-state index contributed by atoms with van der Waals surface area (Å²) in [6, 6.07) is 0. The molecule has 0 heterocycles. The van der Waals surface area contributed by atoms with E-state index in [-0.39, 0.29) is 0 Å². The predicted octanol–water partition coefficient (Wildman–Crippen LogP) is 1.63. The highest BCUT2D eigenvalue weighted by molar-refractivity contribution is 5.22. The van der Waals surface area contributed by atoms with E-state index in [1.807, 2.05) is 0 Å². The van der Waals surface area contributed by atoms with E-state index in [4.69, 9.17) is 0 Å². The molecule has 0 bridgehead atoms. The van der Waals surface area contributed by atoms with Gasteiger partial charge in [-0.25, -0.2) is 0 Å². The zero-order valence-corrected chi connectivity index (χ0v) is 6.57.